The van der Waals surface area contributed by atoms with E-state index in [0.717, 1.165) is 12.8 Å². The number of esters is 1. The molecule has 0 radical (unpaired) electrons. The van der Waals surface area contributed by atoms with E-state index in [1.54, 1.807) is 41.5 Å². The number of carbonyl (C=O) groups is 4. The van der Waals surface area contributed by atoms with Gasteiger partial charge in [-0.2, -0.15) is 0 Å². The molecule has 1 atom stereocenters. The number of hydrogen-bond donors (Lipinski definition) is 4. The van der Waals surface area contributed by atoms with E-state index in [-0.39, 0.29) is 25.2 Å². The van der Waals surface area contributed by atoms with Crippen LogP contribution in [0.15, 0.2) is 0 Å². The summed E-state index contributed by atoms with van der Waals surface area (Å²) in [6.07, 6.45) is 1.60. The Labute approximate surface area is 179 Å². The van der Waals surface area contributed by atoms with Crippen LogP contribution < -0.4 is 21.9 Å². The Balaban J connectivity index is 4.79. The Morgan fingerprint density at radius 2 is 1.43 bits per heavy atom. The molecule has 0 aliphatic carbocycles. The van der Waals surface area contributed by atoms with Crippen molar-refractivity contribution in [1.29, 1.82) is 0 Å². The number of ether oxygens (including phenoxy) is 2. The highest BCUT2D eigenvalue weighted by molar-refractivity contribution is 5.88. The Morgan fingerprint density at radius 3 is 1.97 bits per heavy atom. The third kappa shape index (κ3) is 15.5. The molecule has 0 aliphatic heterocycles. The van der Waals surface area contributed by atoms with Gasteiger partial charge in [-0.25, -0.2) is 4.79 Å². The second-order valence-corrected chi connectivity index (χ2v) is 8.96. The average Bonchev–Trinajstić information content (AvgIpc) is 2.57. The lowest BCUT2D eigenvalue weighted by atomic mass is 10.1. The summed E-state index contributed by atoms with van der Waals surface area (Å²) in [6, 6.07) is -1.09. The van der Waals surface area contributed by atoms with Crippen LogP contribution in [0.25, 0.3) is 0 Å². The molecule has 0 rings (SSSR count). The van der Waals surface area contributed by atoms with E-state index in [0.29, 0.717) is 13.0 Å². The van der Waals surface area contributed by atoms with Crippen molar-refractivity contribution in [2.75, 3.05) is 6.54 Å². The number of nitrogens with two attached hydrogens (primary N) is 1. The van der Waals surface area contributed by atoms with Crippen molar-refractivity contribution >= 4 is 23.9 Å². The van der Waals surface area contributed by atoms with Crippen molar-refractivity contribution in [3.63, 3.8) is 0 Å². The highest BCUT2D eigenvalue weighted by Crippen LogP contribution is 2.11. The van der Waals surface area contributed by atoms with Crippen LogP contribution in [0.1, 0.15) is 80.1 Å². The van der Waals surface area contributed by atoms with Crippen molar-refractivity contribution in [2.24, 2.45) is 5.73 Å². The number of alkyl carbamates (subject to hydrolysis) is 1. The van der Waals surface area contributed by atoms with Crippen molar-refractivity contribution in [1.82, 2.24) is 16.2 Å². The minimum atomic E-state index is -1.09. The van der Waals surface area contributed by atoms with Gasteiger partial charge in [0.25, 0.3) is 5.91 Å². The topological polar surface area (TPSA) is 149 Å². The molecular formula is C20H38N4O6. The van der Waals surface area contributed by atoms with E-state index in [1.807, 2.05) is 0 Å². The molecule has 0 heterocycles. The Kier molecular flexibility index (Phi) is 12.0. The molecular weight excluding hydrogens is 392 g/mol. The first-order valence-electron chi connectivity index (χ1n) is 10.2. The second kappa shape index (κ2) is 13.0. The zero-order valence-corrected chi connectivity index (χ0v) is 19.1. The van der Waals surface area contributed by atoms with Gasteiger partial charge < -0.3 is 20.5 Å². The van der Waals surface area contributed by atoms with Gasteiger partial charge in [0.15, 0.2) is 0 Å². The maximum Gasteiger partial charge on any atom is 0.408 e. The second-order valence-electron chi connectivity index (χ2n) is 8.96. The molecule has 30 heavy (non-hydrogen) atoms. The lowest BCUT2D eigenvalue weighted by Gasteiger charge is -2.24. The summed E-state index contributed by atoms with van der Waals surface area (Å²) in [7, 11) is 0. The van der Waals surface area contributed by atoms with Crippen LogP contribution in [0.5, 0.6) is 0 Å². The van der Waals surface area contributed by atoms with Crippen molar-refractivity contribution in [3.05, 3.63) is 0 Å². The molecule has 0 unspecified atom stereocenters. The Morgan fingerprint density at radius 1 is 0.833 bits per heavy atom. The average molecular weight is 431 g/mol. The van der Waals surface area contributed by atoms with Crippen LogP contribution in [-0.4, -0.2) is 47.7 Å². The predicted molar refractivity (Wildman–Crippen MR) is 112 cm³/mol. The zero-order valence-electron chi connectivity index (χ0n) is 19.1. The maximum absolute atomic E-state index is 12.5. The van der Waals surface area contributed by atoms with E-state index in [2.05, 4.69) is 16.2 Å². The van der Waals surface area contributed by atoms with Gasteiger partial charge in [0.2, 0.25) is 5.91 Å². The summed E-state index contributed by atoms with van der Waals surface area (Å²) in [5.74, 6) is -1.53. The van der Waals surface area contributed by atoms with Gasteiger partial charge in [0.05, 0.1) is 0 Å². The number of unbranched alkanes of at least 4 members (excludes halogenated alkanes) is 2. The summed E-state index contributed by atoms with van der Waals surface area (Å²) in [4.78, 5) is 48.3. The van der Waals surface area contributed by atoms with Gasteiger partial charge in [-0.05, 0) is 67.3 Å². The van der Waals surface area contributed by atoms with Gasteiger partial charge in [-0.3, -0.25) is 25.2 Å². The fraction of sp³-hybridized carbons (Fsp3) is 0.800. The van der Waals surface area contributed by atoms with Gasteiger partial charge >= 0.3 is 12.1 Å². The normalized spacial score (nSPS) is 12.5. The van der Waals surface area contributed by atoms with Gasteiger partial charge in [-0.15, -0.1) is 0 Å². The molecule has 0 saturated carbocycles. The Bertz CT molecular complexity index is 581. The van der Waals surface area contributed by atoms with E-state index >= 15 is 0 Å². The van der Waals surface area contributed by atoms with Crippen LogP contribution in [-0.2, 0) is 23.9 Å². The number of nitrogens with one attached hydrogen (secondary N) is 3. The molecule has 0 saturated heterocycles. The highest BCUT2D eigenvalue weighted by atomic mass is 16.6. The Hall–Kier alpha value is -2.36. The summed E-state index contributed by atoms with van der Waals surface area (Å²) in [5.41, 5.74) is 8.57. The summed E-state index contributed by atoms with van der Waals surface area (Å²) in [5, 5.41) is 2.43. The van der Waals surface area contributed by atoms with Gasteiger partial charge in [0.1, 0.15) is 17.2 Å². The van der Waals surface area contributed by atoms with Crippen LogP contribution in [0.3, 0.4) is 0 Å². The molecule has 10 nitrogen and oxygen atoms in total. The van der Waals surface area contributed by atoms with Gasteiger partial charge in [0, 0.05) is 12.8 Å². The number of amides is 3. The lowest BCUT2D eigenvalue weighted by Crippen LogP contribution is -2.53. The largest absolute Gasteiger partial charge is 0.460 e. The van der Waals surface area contributed by atoms with Crippen molar-refractivity contribution < 1.29 is 28.7 Å². The minimum Gasteiger partial charge on any atom is -0.460 e. The first-order chi connectivity index (χ1) is 13.7. The summed E-state index contributed by atoms with van der Waals surface area (Å²) in [6.45, 7) is 10.8. The fourth-order valence-corrected chi connectivity index (χ4v) is 2.26. The highest BCUT2D eigenvalue weighted by Gasteiger charge is 2.26. The summed E-state index contributed by atoms with van der Waals surface area (Å²) >= 11 is 0. The van der Waals surface area contributed by atoms with Crippen molar-refractivity contribution in [2.45, 2.75) is 97.3 Å². The molecule has 0 aromatic heterocycles. The number of carbonyl (C=O) groups excluding carboxylic acids is 4. The minimum absolute atomic E-state index is 0.0215. The third-order valence-corrected chi connectivity index (χ3v) is 3.50. The lowest BCUT2D eigenvalue weighted by molar-refractivity contribution is -0.155. The van der Waals surface area contributed by atoms with Crippen LogP contribution >= 0.6 is 0 Å². The monoisotopic (exact) mass is 430 g/mol. The molecule has 0 bridgehead atoms. The van der Waals surface area contributed by atoms with E-state index in [4.69, 9.17) is 15.2 Å². The molecule has 10 heteroatoms. The van der Waals surface area contributed by atoms with Crippen LogP contribution in [0.2, 0.25) is 0 Å². The number of hydrogen-bond acceptors (Lipinski definition) is 7. The first kappa shape index (κ1) is 27.6. The molecule has 5 N–H and O–H groups in total. The number of rotatable bonds is 10. The molecule has 0 spiro atoms. The quantitative estimate of drug-likeness (QED) is 0.234. The van der Waals surface area contributed by atoms with Crippen LogP contribution in [0, 0.1) is 0 Å². The van der Waals surface area contributed by atoms with Crippen LogP contribution in [0.4, 0.5) is 4.79 Å². The van der Waals surface area contributed by atoms with Crippen molar-refractivity contribution in [3.8, 4) is 0 Å². The summed E-state index contributed by atoms with van der Waals surface area (Å²) < 4.78 is 10.4. The maximum atomic E-state index is 12.5. The standard InChI is InChI=1S/C20H38N4O6/c1-19(2,3)29-16(26)12-11-14(22-18(28)30-20(4,5)6)17(27)24-23-15(25)10-8-7-9-13-21/h14H,7-13,21H2,1-6H3,(H,22,28)(H,23,25)(H,24,27)/t14-/m1/s1. The van der Waals surface area contributed by atoms with Gasteiger partial charge in [-0.1, -0.05) is 6.42 Å². The van der Waals surface area contributed by atoms with E-state index < -0.39 is 35.2 Å². The zero-order chi connectivity index (χ0) is 23.4. The molecule has 3 amide bonds. The fourth-order valence-electron chi connectivity index (χ4n) is 2.26. The SMILES string of the molecule is CC(C)(C)OC(=O)CC[C@@H](NC(=O)OC(C)(C)C)C(=O)NNC(=O)CCCCCN. The molecule has 0 fully saturated rings. The van der Waals surface area contributed by atoms with E-state index in [1.165, 1.54) is 0 Å². The molecule has 174 valence electrons. The predicted octanol–water partition coefficient (Wildman–Crippen LogP) is 1.67. The smallest absolute Gasteiger partial charge is 0.408 e. The molecule has 0 aromatic carbocycles. The first-order valence-corrected chi connectivity index (χ1v) is 10.2. The third-order valence-electron chi connectivity index (χ3n) is 3.50. The molecule has 0 aliphatic rings. The molecule has 0 aromatic rings. The number of hydrazine groups is 1. The van der Waals surface area contributed by atoms with E-state index in [9.17, 15) is 19.2 Å².